The van der Waals surface area contributed by atoms with E-state index in [9.17, 15) is 4.79 Å². The molecule has 0 atom stereocenters. The third-order valence-corrected chi connectivity index (χ3v) is 2.46. The average Bonchev–Trinajstić information content (AvgIpc) is 2.27. The number of hydrogen-bond acceptors (Lipinski definition) is 3. The molecule has 0 amide bonds. The predicted octanol–water partition coefficient (Wildman–Crippen LogP) is 3.15. The zero-order valence-electron chi connectivity index (χ0n) is 8.39. The molecule has 0 fully saturated rings. The van der Waals surface area contributed by atoms with Gasteiger partial charge in [0.2, 0.25) is 5.28 Å². The van der Waals surface area contributed by atoms with E-state index in [2.05, 4.69) is 9.97 Å². The molecule has 0 aliphatic carbocycles. The lowest BCUT2D eigenvalue weighted by molar-refractivity contribution is 0.0697. The van der Waals surface area contributed by atoms with Gasteiger partial charge in [-0.05, 0) is 17.7 Å². The number of carbonyl (C=O) groups is 1. The molecule has 1 heterocycles. The maximum atomic E-state index is 11.1. The average molecular weight is 269 g/mol. The molecule has 86 valence electrons. The summed E-state index contributed by atoms with van der Waals surface area (Å²) in [5.74, 6) is -1.04. The number of benzene rings is 1. The fourth-order valence-electron chi connectivity index (χ4n) is 1.42. The molecule has 4 nitrogen and oxygen atoms in total. The number of halogens is 2. The second-order valence-electron chi connectivity index (χ2n) is 3.20. The molecule has 1 N–H and O–H groups in total. The van der Waals surface area contributed by atoms with Crippen molar-refractivity contribution in [1.29, 1.82) is 0 Å². The van der Waals surface area contributed by atoms with Gasteiger partial charge in [-0.2, -0.15) is 0 Å². The van der Waals surface area contributed by atoms with Gasteiger partial charge >= 0.3 is 5.97 Å². The first kappa shape index (κ1) is 11.8. The molecule has 0 aliphatic heterocycles. The number of rotatable bonds is 2. The SMILES string of the molecule is O=C(O)c1ccccc1-c1cc(Cl)nc(Cl)n1. The molecule has 0 radical (unpaired) electrons. The monoisotopic (exact) mass is 268 g/mol. The summed E-state index contributed by atoms with van der Waals surface area (Å²) in [4.78, 5) is 18.7. The van der Waals surface area contributed by atoms with Crippen molar-refractivity contribution in [3.05, 3.63) is 46.3 Å². The summed E-state index contributed by atoms with van der Waals surface area (Å²) in [5, 5.41) is 9.20. The van der Waals surface area contributed by atoms with Crippen molar-refractivity contribution in [1.82, 2.24) is 9.97 Å². The molecule has 6 heteroatoms. The van der Waals surface area contributed by atoms with Crippen molar-refractivity contribution in [3.8, 4) is 11.3 Å². The van der Waals surface area contributed by atoms with E-state index in [-0.39, 0.29) is 16.0 Å². The Morgan fingerprint density at radius 3 is 2.53 bits per heavy atom. The summed E-state index contributed by atoms with van der Waals surface area (Å²) in [7, 11) is 0. The van der Waals surface area contributed by atoms with Gasteiger partial charge in [-0.1, -0.05) is 29.8 Å². The Bertz CT molecular complexity index is 567. The van der Waals surface area contributed by atoms with Crippen molar-refractivity contribution < 1.29 is 9.90 Å². The van der Waals surface area contributed by atoms with E-state index in [1.54, 1.807) is 18.2 Å². The van der Waals surface area contributed by atoms with Gasteiger partial charge in [0.25, 0.3) is 0 Å². The standard InChI is InChI=1S/C11H6Cl2N2O2/c12-9-5-8(14-11(13)15-9)6-3-1-2-4-7(6)10(16)17/h1-5H,(H,16,17). The second kappa shape index (κ2) is 4.69. The third kappa shape index (κ3) is 2.54. The third-order valence-electron chi connectivity index (χ3n) is 2.10. The van der Waals surface area contributed by atoms with Crippen LogP contribution >= 0.6 is 23.2 Å². The Kier molecular flexibility index (Phi) is 3.26. The molecule has 0 saturated heterocycles. The van der Waals surface area contributed by atoms with Crippen LogP contribution in [-0.4, -0.2) is 21.0 Å². The summed E-state index contributed by atoms with van der Waals surface area (Å²) in [6, 6.07) is 7.94. The highest BCUT2D eigenvalue weighted by atomic mass is 35.5. The fraction of sp³-hybridized carbons (Fsp3) is 0. The Hall–Kier alpha value is -1.65. The highest BCUT2D eigenvalue weighted by molar-refractivity contribution is 6.32. The molecule has 0 bridgehead atoms. The van der Waals surface area contributed by atoms with E-state index in [0.717, 1.165) is 0 Å². The summed E-state index contributed by atoms with van der Waals surface area (Å²) in [6.07, 6.45) is 0. The molecule has 1 aromatic heterocycles. The number of hydrogen-bond donors (Lipinski definition) is 1. The number of carboxylic acids is 1. The molecule has 1 aromatic carbocycles. The molecule has 2 rings (SSSR count). The van der Waals surface area contributed by atoms with Crippen molar-refractivity contribution >= 4 is 29.2 Å². The van der Waals surface area contributed by atoms with Crippen molar-refractivity contribution in [3.63, 3.8) is 0 Å². The van der Waals surface area contributed by atoms with E-state index >= 15 is 0 Å². The minimum Gasteiger partial charge on any atom is -0.478 e. The van der Waals surface area contributed by atoms with E-state index in [1.165, 1.54) is 12.1 Å². The Balaban J connectivity index is 2.64. The van der Waals surface area contributed by atoms with Crippen LogP contribution in [0.2, 0.25) is 10.4 Å². The van der Waals surface area contributed by atoms with Crippen LogP contribution in [0.5, 0.6) is 0 Å². The normalized spacial score (nSPS) is 10.2. The first-order valence-corrected chi connectivity index (χ1v) is 5.36. The minimum atomic E-state index is -1.04. The summed E-state index contributed by atoms with van der Waals surface area (Å²) < 4.78 is 0. The molecule has 0 unspecified atom stereocenters. The molecular formula is C11H6Cl2N2O2. The molecule has 17 heavy (non-hydrogen) atoms. The largest absolute Gasteiger partial charge is 0.478 e. The number of aromatic nitrogens is 2. The van der Waals surface area contributed by atoms with Gasteiger partial charge in [0.05, 0.1) is 11.3 Å². The van der Waals surface area contributed by atoms with Crippen molar-refractivity contribution in [2.45, 2.75) is 0 Å². The van der Waals surface area contributed by atoms with Gasteiger partial charge in [-0.25, -0.2) is 14.8 Å². The highest BCUT2D eigenvalue weighted by Crippen LogP contribution is 2.24. The van der Waals surface area contributed by atoms with Gasteiger partial charge in [-0.15, -0.1) is 0 Å². The second-order valence-corrected chi connectivity index (χ2v) is 3.92. The minimum absolute atomic E-state index is 0.0207. The summed E-state index contributed by atoms with van der Waals surface area (Å²) in [6.45, 7) is 0. The van der Waals surface area contributed by atoms with Gasteiger partial charge in [0.15, 0.2) is 0 Å². The summed E-state index contributed by atoms with van der Waals surface area (Å²) >= 11 is 11.4. The molecular weight excluding hydrogens is 263 g/mol. The highest BCUT2D eigenvalue weighted by Gasteiger charge is 2.13. The zero-order chi connectivity index (χ0) is 12.4. The van der Waals surface area contributed by atoms with Crippen molar-refractivity contribution in [2.75, 3.05) is 0 Å². The van der Waals surface area contributed by atoms with Crippen LogP contribution in [0, 0.1) is 0 Å². The fourth-order valence-corrected chi connectivity index (χ4v) is 1.83. The number of aromatic carboxylic acids is 1. The van der Waals surface area contributed by atoms with Gasteiger partial charge in [0.1, 0.15) is 5.15 Å². The Morgan fingerprint density at radius 2 is 1.88 bits per heavy atom. The Labute approximate surface area is 107 Å². The maximum Gasteiger partial charge on any atom is 0.336 e. The lowest BCUT2D eigenvalue weighted by atomic mass is 10.0. The van der Waals surface area contributed by atoms with Crippen LogP contribution < -0.4 is 0 Å². The smallest absolute Gasteiger partial charge is 0.336 e. The van der Waals surface area contributed by atoms with Gasteiger partial charge < -0.3 is 5.11 Å². The maximum absolute atomic E-state index is 11.1. The molecule has 2 aromatic rings. The first-order valence-electron chi connectivity index (χ1n) is 4.60. The van der Waals surface area contributed by atoms with E-state index in [4.69, 9.17) is 28.3 Å². The van der Waals surface area contributed by atoms with Crippen LogP contribution in [-0.2, 0) is 0 Å². The predicted molar refractivity (Wildman–Crippen MR) is 64.4 cm³/mol. The molecule has 0 spiro atoms. The summed E-state index contributed by atoms with van der Waals surface area (Å²) in [5.41, 5.74) is 0.970. The van der Waals surface area contributed by atoms with Crippen molar-refractivity contribution in [2.24, 2.45) is 0 Å². The number of nitrogens with zero attached hydrogens (tertiary/aromatic N) is 2. The lowest BCUT2D eigenvalue weighted by Crippen LogP contribution is -2.00. The first-order chi connectivity index (χ1) is 8.08. The zero-order valence-corrected chi connectivity index (χ0v) is 9.90. The van der Waals surface area contributed by atoms with Crippen LogP contribution in [0.15, 0.2) is 30.3 Å². The number of carboxylic acid groups (broad SMARTS) is 1. The van der Waals surface area contributed by atoms with Crippen LogP contribution in [0.3, 0.4) is 0 Å². The van der Waals surface area contributed by atoms with Gasteiger partial charge in [-0.3, -0.25) is 0 Å². The molecule has 0 saturated carbocycles. The topological polar surface area (TPSA) is 63.1 Å². The lowest BCUT2D eigenvalue weighted by Gasteiger charge is -2.05. The Morgan fingerprint density at radius 1 is 1.18 bits per heavy atom. The van der Waals surface area contributed by atoms with Gasteiger partial charge in [0, 0.05) is 11.6 Å². The quantitative estimate of drug-likeness (QED) is 0.671. The van der Waals surface area contributed by atoms with Crippen LogP contribution in [0.25, 0.3) is 11.3 Å². The van der Waals surface area contributed by atoms with E-state index < -0.39 is 5.97 Å². The molecule has 0 aliphatic rings. The van der Waals surface area contributed by atoms with E-state index in [0.29, 0.717) is 11.3 Å². The van der Waals surface area contributed by atoms with Crippen LogP contribution in [0.4, 0.5) is 0 Å². The van der Waals surface area contributed by atoms with Crippen LogP contribution in [0.1, 0.15) is 10.4 Å². The van der Waals surface area contributed by atoms with E-state index in [1.807, 2.05) is 0 Å².